The van der Waals surface area contributed by atoms with E-state index in [1.54, 1.807) is 0 Å². The maximum absolute atomic E-state index is 6.26. The highest BCUT2D eigenvalue weighted by Crippen LogP contribution is 2.43. The molecule has 258 valence electrons. The zero-order chi connectivity index (χ0) is 36.3. The Kier molecular flexibility index (Phi) is 7.17. The van der Waals surface area contributed by atoms with Crippen molar-refractivity contribution in [3.8, 4) is 27.9 Å². The lowest BCUT2D eigenvalue weighted by Gasteiger charge is -2.28. The van der Waals surface area contributed by atoms with E-state index in [0.717, 1.165) is 61.4 Å². The van der Waals surface area contributed by atoms with Crippen LogP contribution < -0.4 is 4.90 Å². The van der Waals surface area contributed by atoms with Gasteiger partial charge in [-0.1, -0.05) is 133 Å². The average molecular weight is 703 g/mol. The van der Waals surface area contributed by atoms with E-state index in [1.807, 2.05) is 12.1 Å². The second-order valence-electron chi connectivity index (χ2n) is 14.2. The molecule has 11 rings (SSSR count). The highest BCUT2D eigenvalue weighted by atomic mass is 16.3. The van der Waals surface area contributed by atoms with Crippen molar-refractivity contribution in [3.05, 3.63) is 206 Å². The van der Waals surface area contributed by atoms with Crippen LogP contribution in [-0.2, 0) is 0 Å². The molecule has 0 unspecified atom stereocenters. The highest BCUT2D eigenvalue weighted by molar-refractivity contribution is 6.09. The summed E-state index contributed by atoms with van der Waals surface area (Å²) >= 11 is 0. The number of furan rings is 1. The van der Waals surface area contributed by atoms with E-state index in [-0.39, 0.29) is 0 Å². The summed E-state index contributed by atoms with van der Waals surface area (Å²) in [4.78, 5) is 2.40. The zero-order valence-electron chi connectivity index (χ0n) is 29.9. The summed E-state index contributed by atoms with van der Waals surface area (Å²) in [7, 11) is 0. The topological polar surface area (TPSA) is 21.3 Å². The molecule has 0 N–H and O–H groups in total. The molecule has 0 saturated heterocycles. The van der Waals surface area contributed by atoms with E-state index in [0.29, 0.717) is 0 Å². The molecule has 0 saturated carbocycles. The van der Waals surface area contributed by atoms with Crippen LogP contribution in [0.1, 0.15) is 0 Å². The largest absolute Gasteiger partial charge is 0.456 e. The molecule has 0 aliphatic heterocycles. The van der Waals surface area contributed by atoms with E-state index >= 15 is 0 Å². The minimum Gasteiger partial charge on any atom is -0.456 e. The molecule has 0 fully saturated rings. The van der Waals surface area contributed by atoms with Crippen molar-refractivity contribution >= 4 is 71.6 Å². The summed E-state index contributed by atoms with van der Waals surface area (Å²) in [5.74, 6) is 0. The van der Waals surface area contributed by atoms with Crippen molar-refractivity contribution < 1.29 is 4.42 Å². The van der Waals surface area contributed by atoms with Crippen LogP contribution in [0.5, 0.6) is 0 Å². The molecule has 11 aromatic rings. The third kappa shape index (κ3) is 5.20. The van der Waals surface area contributed by atoms with Gasteiger partial charge in [-0.25, -0.2) is 0 Å². The Hall–Kier alpha value is -7.36. The van der Waals surface area contributed by atoms with Gasteiger partial charge in [-0.05, 0) is 100 Å². The maximum Gasteiger partial charge on any atom is 0.136 e. The number of hydrogen-bond donors (Lipinski definition) is 0. The van der Waals surface area contributed by atoms with Crippen molar-refractivity contribution in [2.75, 3.05) is 4.90 Å². The molecule has 2 heterocycles. The van der Waals surface area contributed by atoms with Gasteiger partial charge in [0.1, 0.15) is 11.2 Å². The first-order valence-electron chi connectivity index (χ1n) is 18.8. The van der Waals surface area contributed by atoms with Gasteiger partial charge in [0, 0.05) is 44.2 Å². The molecule has 0 aliphatic rings. The van der Waals surface area contributed by atoms with E-state index in [2.05, 4.69) is 204 Å². The van der Waals surface area contributed by atoms with Crippen LogP contribution in [0.15, 0.2) is 211 Å². The molecular formula is C52H34N2O. The van der Waals surface area contributed by atoms with Crippen LogP contribution in [-0.4, -0.2) is 4.57 Å². The highest BCUT2D eigenvalue weighted by Gasteiger charge is 2.20. The van der Waals surface area contributed by atoms with Gasteiger partial charge < -0.3 is 13.9 Å². The number of hydrogen-bond acceptors (Lipinski definition) is 2. The lowest BCUT2D eigenvalue weighted by molar-refractivity contribution is 0.669. The Bertz CT molecular complexity index is 3170. The summed E-state index contributed by atoms with van der Waals surface area (Å²) < 4.78 is 8.65. The summed E-state index contributed by atoms with van der Waals surface area (Å²) in [6.45, 7) is 0. The van der Waals surface area contributed by atoms with Crippen molar-refractivity contribution in [2.24, 2.45) is 0 Å². The molecule has 55 heavy (non-hydrogen) atoms. The lowest BCUT2D eigenvalue weighted by atomic mass is 9.98. The lowest BCUT2D eigenvalue weighted by Crippen LogP contribution is -2.11. The molecule has 3 heteroatoms. The fourth-order valence-electron chi connectivity index (χ4n) is 8.38. The summed E-state index contributed by atoms with van der Waals surface area (Å²) in [6, 6.07) is 74.1. The standard InChI is InChI=1S/C52H34N2O/c1-2-13-37-32-39(25-24-35(37)12-1)43-16-3-7-20-48(43)53(40-29-26-36(27-30-40)38-28-31-47-46-19-6-10-23-51(46)55-52(47)33-38)41-14-11-15-42(34-41)54-49-21-8-4-17-44(49)45-18-5-9-22-50(45)54/h1-34H. The van der Waals surface area contributed by atoms with Crippen molar-refractivity contribution in [2.45, 2.75) is 0 Å². The first-order chi connectivity index (χ1) is 27.3. The number of fused-ring (bicyclic) bond motifs is 7. The van der Waals surface area contributed by atoms with Gasteiger partial charge in [0.15, 0.2) is 0 Å². The van der Waals surface area contributed by atoms with E-state index in [4.69, 9.17) is 4.42 Å². The van der Waals surface area contributed by atoms with Gasteiger partial charge in [-0.2, -0.15) is 0 Å². The van der Waals surface area contributed by atoms with E-state index in [9.17, 15) is 0 Å². The third-order valence-electron chi connectivity index (χ3n) is 11.0. The normalized spacial score (nSPS) is 11.6. The van der Waals surface area contributed by atoms with E-state index in [1.165, 1.54) is 38.1 Å². The Labute approximate surface area is 318 Å². The Morgan fingerprint density at radius 1 is 0.364 bits per heavy atom. The van der Waals surface area contributed by atoms with Crippen molar-refractivity contribution in [1.82, 2.24) is 4.57 Å². The predicted molar refractivity (Wildman–Crippen MR) is 231 cm³/mol. The molecule has 0 atom stereocenters. The molecule has 0 amide bonds. The minimum atomic E-state index is 0.899. The van der Waals surface area contributed by atoms with Gasteiger partial charge in [0.2, 0.25) is 0 Å². The quantitative estimate of drug-likeness (QED) is 0.172. The van der Waals surface area contributed by atoms with Crippen molar-refractivity contribution in [3.63, 3.8) is 0 Å². The van der Waals surface area contributed by atoms with Gasteiger partial charge in [0.25, 0.3) is 0 Å². The Morgan fingerprint density at radius 3 is 1.82 bits per heavy atom. The third-order valence-corrected chi connectivity index (χ3v) is 11.0. The first-order valence-corrected chi connectivity index (χ1v) is 18.8. The molecule has 9 aromatic carbocycles. The SMILES string of the molecule is c1cc(N(c2ccc(-c3ccc4c(c3)oc3ccccc34)cc2)c2ccccc2-c2ccc3ccccc3c2)cc(-n2c3ccccc3c3ccccc32)c1. The summed E-state index contributed by atoms with van der Waals surface area (Å²) in [6.07, 6.45) is 0. The number of anilines is 3. The molecule has 0 aliphatic carbocycles. The second-order valence-corrected chi connectivity index (χ2v) is 14.2. The molecule has 0 bridgehead atoms. The van der Waals surface area contributed by atoms with Crippen LogP contribution in [0.2, 0.25) is 0 Å². The van der Waals surface area contributed by atoms with Crippen LogP contribution in [0.4, 0.5) is 17.1 Å². The summed E-state index contributed by atoms with van der Waals surface area (Å²) in [5, 5.41) is 7.23. The van der Waals surface area contributed by atoms with Gasteiger partial charge in [-0.3, -0.25) is 0 Å². The number of benzene rings is 9. The van der Waals surface area contributed by atoms with E-state index < -0.39 is 0 Å². The van der Waals surface area contributed by atoms with Crippen LogP contribution >= 0.6 is 0 Å². The predicted octanol–water partition coefficient (Wildman–Crippen LogP) is 14.6. The van der Waals surface area contributed by atoms with Gasteiger partial charge in [-0.15, -0.1) is 0 Å². The smallest absolute Gasteiger partial charge is 0.136 e. The fourth-order valence-corrected chi connectivity index (χ4v) is 8.38. The number of para-hydroxylation sites is 4. The van der Waals surface area contributed by atoms with Crippen LogP contribution in [0.25, 0.3) is 82.5 Å². The number of aromatic nitrogens is 1. The zero-order valence-corrected chi connectivity index (χ0v) is 29.9. The molecule has 2 aromatic heterocycles. The fraction of sp³-hybridized carbons (Fsp3) is 0. The second kappa shape index (κ2) is 12.6. The molecular weight excluding hydrogens is 669 g/mol. The van der Waals surface area contributed by atoms with Gasteiger partial charge in [0.05, 0.1) is 16.7 Å². The first kappa shape index (κ1) is 31.2. The number of nitrogens with zero attached hydrogens (tertiary/aromatic N) is 2. The molecule has 0 radical (unpaired) electrons. The monoisotopic (exact) mass is 702 g/mol. The number of rotatable bonds is 6. The minimum absolute atomic E-state index is 0.899. The molecule has 0 spiro atoms. The Balaban J connectivity index is 1.08. The Morgan fingerprint density at radius 2 is 1.00 bits per heavy atom. The summed E-state index contributed by atoms with van der Waals surface area (Å²) in [5.41, 5.74) is 13.1. The van der Waals surface area contributed by atoms with Gasteiger partial charge >= 0.3 is 0 Å². The van der Waals surface area contributed by atoms with Crippen molar-refractivity contribution in [1.29, 1.82) is 0 Å². The maximum atomic E-state index is 6.26. The molecule has 3 nitrogen and oxygen atoms in total. The average Bonchev–Trinajstić information content (AvgIpc) is 3.80. The van der Waals surface area contributed by atoms with Crippen LogP contribution in [0.3, 0.4) is 0 Å². The van der Waals surface area contributed by atoms with Crippen LogP contribution in [0, 0.1) is 0 Å².